The second kappa shape index (κ2) is 6.42. The second-order valence-electron chi connectivity index (χ2n) is 4.16. The number of piperidine rings is 1. The lowest BCUT2D eigenvalue weighted by Gasteiger charge is -2.22. The summed E-state index contributed by atoms with van der Waals surface area (Å²) in [6.07, 6.45) is 4.39. The molecule has 2 rings (SSSR count). The third kappa shape index (κ3) is 3.75. The van der Waals surface area contributed by atoms with Crippen molar-refractivity contribution in [1.82, 2.24) is 10.3 Å². The Kier molecular flexibility index (Phi) is 4.60. The van der Waals surface area contributed by atoms with Gasteiger partial charge in [0.05, 0.1) is 18.0 Å². The fourth-order valence-corrected chi connectivity index (χ4v) is 1.82. The lowest BCUT2D eigenvalue weighted by molar-refractivity contribution is -0.123. The number of aromatic nitrogens is 1. The van der Waals surface area contributed by atoms with Crippen molar-refractivity contribution in [3.63, 3.8) is 0 Å². The number of hydrogen-bond acceptors (Lipinski definition) is 4. The van der Waals surface area contributed by atoms with E-state index in [1.807, 2.05) is 0 Å². The standard InChI is InChI=1S/C12H16FN3O2/c13-10-7-15-6-3-11(10)16-12(17)8-18-9-1-4-14-5-2-9/h3,6-7,9,14H,1-2,4-5,8H2,(H,15,16,17). The van der Waals surface area contributed by atoms with E-state index in [2.05, 4.69) is 15.6 Å². The van der Waals surface area contributed by atoms with Gasteiger partial charge < -0.3 is 15.4 Å². The van der Waals surface area contributed by atoms with Crippen LogP contribution in [0.1, 0.15) is 12.8 Å². The van der Waals surface area contributed by atoms with Gasteiger partial charge in [0.2, 0.25) is 5.91 Å². The van der Waals surface area contributed by atoms with Crippen molar-refractivity contribution < 1.29 is 13.9 Å². The van der Waals surface area contributed by atoms with Gasteiger partial charge in [-0.2, -0.15) is 0 Å². The van der Waals surface area contributed by atoms with Crippen LogP contribution in [0.4, 0.5) is 10.1 Å². The Hall–Kier alpha value is -1.53. The van der Waals surface area contributed by atoms with Crippen LogP contribution < -0.4 is 10.6 Å². The lowest BCUT2D eigenvalue weighted by Crippen LogP contribution is -2.34. The fraction of sp³-hybridized carbons (Fsp3) is 0.500. The number of ether oxygens (including phenoxy) is 1. The smallest absolute Gasteiger partial charge is 0.250 e. The number of pyridine rings is 1. The third-order valence-electron chi connectivity index (χ3n) is 2.78. The summed E-state index contributed by atoms with van der Waals surface area (Å²) in [7, 11) is 0. The number of amides is 1. The summed E-state index contributed by atoms with van der Waals surface area (Å²) in [5.74, 6) is -0.897. The van der Waals surface area contributed by atoms with E-state index < -0.39 is 5.82 Å². The van der Waals surface area contributed by atoms with Gasteiger partial charge in [0, 0.05) is 6.20 Å². The van der Waals surface area contributed by atoms with Gasteiger partial charge in [-0.1, -0.05) is 0 Å². The number of anilines is 1. The summed E-state index contributed by atoms with van der Waals surface area (Å²) in [6.45, 7) is 1.77. The Morgan fingerprint density at radius 1 is 1.56 bits per heavy atom. The van der Waals surface area contributed by atoms with Crippen LogP contribution in [0, 0.1) is 5.82 Å². The average Bonchev–Trinajstić information content (AvgIpc) is 2.40. The van der Waals surface area contributed by atoms with Gasteiger partial charge in [-0.05, 0) is 32.0 Å². The monoisotopic (exact) mass is 253 g/mol. The molecular formula is C12H16FN3O2. The van der Waals surface area contributed by atoms with Crippen LogP contribution in [0.5, 0.6) is 0 Å². The minimum atomic E-state index is -0.548. The van der Waals surface area contributed by atoms with Gasteiger partial charge in [-0.25, -0.2) is 4.39 Å². The van der Waals surface area contributed by atoms with Gasteiger partial charge in [0.25, 0.3) is 0 Å². The summed E-state index contributed by atoms with van der Waals surface area (Å²) in [6, 6.07) is 1.41. The van der Waals surface area contributed by atoms with Crippen LogP contribution in [0.25, 0.3) is 0 Å². The molecule has 2 heterocycles. The maximum Gasteiger partial charge on any atom is 0.250 e. The summed E-state index contributed by atoms with van der Waals surface area (Å²) in [4.78, 5) is 15.2. The number of hydrogen-bond donors (Lipinski definition) is 2. The summed E-state index contributed by atoms with van der Waals surface area (Å²) < 4.78 is 18.7. The molecule has 1 aromatic heterocycles. The predicted molar refractivity (Wildman–Crippen MR) is 64.7 cm³/mol. The number of halogens is 1. The Balaban J connectivity index is 1.76. The largest absolute Gasteiger partial charge is 0.368 e. The van der Waals surface area contributed by atoms with Crippen molar-refractivity contribution in [3.8, 4) is 0 Å². The van der Waals surface area contributed by atoms with Crippen LogP contribution in [-0.2, 0) is 9.53 Å². The highest BCUT2D eigenvalue weighted by Gasteiger charge is 2.15. The van der Waals surface area contributed by atoms with Crippen LogP contribution in [0.15, 0.2) is 18.5 Å². The fourth-order valence-electron chi connectivity index (χ4n) is 1.82. The molecule has 5 nitrogen and oxygen atoms in total. The highest BCUT2D eigenvalue weighted by molar-refractivity contribution is 5.91. The molecule has 0 atom stereocenters. The van der Waals surface area contributed by atoms with Gasteiger partial charge in [0.1, 0.15) is 6.61 Å². The Labute approximate surface area is 105 Å². The lowest BCUT2D eigenvalue weighted by atomic mass is 10.1. The molecule has 0 aromatic carbocycles. The van der Waals surface area contributed by atoms with E-state index in [4.69, 9.17) is 4.74 Å². The minimum absolute atomic E-state index is 0.0492. The molecule has 1 aliphatic heterocycles. The zero-order chi connectivity index (χ0) is 12.8. The van der Waals surface area contributed by atoms with Gasteiger partial charge >= 0.3 is 0 Å². The molecule has 1 fully saturated rings. The van der Waals surface area contributed by atoms with Gasteiger partial charge in [0.15, 0.2) is 5.82 Å². The molecule has 1 aromatic rings. The second-order valence-corrected chi connectivity index (χ2v) is 4.16. The van der Waals surface area contributed by atoms with Gasteiger partial charge in [-0.15, -0.1) is 0 Å². The zero-order valence-corrected chi connectivity index (χ0v) is 9.99. The first-order valence-electron chi connectivity index (χ1n) is 5.97. The van der Waals surface area contributed by atoms with Crippen molar-refractivity contribution >= 4 is 11.6 Å². The van der Waals surface area contributed by atoms with Crippen molar-refractivity contribution in [3.05, 3.63) is 24.3 Å². The molecule has 0 unspecified atom stereocenters. The molecule has 0 aliphatic carbocycles. The van der Waals surface area contributed by atoms with E-state index in [1.54, 1.807) is 0 Å². The Morgan fingerprint density at radius 3 is 3.06 bits per heavy atom. The first kappa shape index (κ1) is 12.9. The van der Waals surface area contributed by atoms with Crippen LogP contribution in [0.3, 0.4) is 0 Å². The maximum absolute atomic E-state index is 13.2. The molecule has 98 valence electrons. The van der Waals surface area contributed by atoms with E-state index in [-0.39, 0.29) is 24.3 Å². The van der Waals surface area contributed by atoms with Crippen LogP contribution in [0.2, 0.25) is 0 Å². The molecule has 1 aliphatic rings. The molecule has 0 spiro atoms. The number of carbonyl (C=O) groups excluding carboxylic acids is 1. The van der Waals surface area contributed by atoms with E-state index in [1.165, 1.54) is 12.3 Å². The average molecular weight is 253 g/mol. The molecule has 1 saturated heterocycles. The summed E-state index contributed by atoms with van der Waals surface area (Å²) in [5, 5.41) is 5.67. The number of rotatable bonds is 4. The Bertz CT molecular complexity index is 408. The molecule has 6 heteroatoms. The normalized spacial score (nSPS) is 16.5. The zero-order valence-electron chi connectivity index (χ0n) is 9.99. The van der Waals surface area contributed by atoms with Crippen molar-refractivity contribution in [2.75, 3.05) is 25.0 Å². The molecule has 0 bridgehead atoms. The molecule has 18 heavy (non-hydrogen) atoms. The van der Waals surface area contributed by atoms with Crippen molar-refractivity contribution in [1.29, 1.82) is 0 Å². The molecule has 0 saturated carbocycles. The highest BCUT2D eigenvalue weighted by atomic mass is 19.1. The van der Waals surface area contributed by atoms with E-state index in [0.29, 0.717) is 0 Å². The molecule has 1 amide bonds. The summed E-state index contributed by atoms with van der Waals surface area (Å²) >= 11 is 0. The Morgan fingerprint density at radius 2 is 2.33 bits per heavy atom. The molecule has 2 N–H and O–H groups in total. The number of carbonyl (C=O) groups is 1. The van der Waals surface area contributed by atoms with Crippen LogP contribution in [-0.4, -0.2) is 36.7 Å². The SMILES string of the molecule is O=C(COC1CCNCC1)Nc1ccncc1F. The number of nitrogens with zero attached hydrogens (tertiary/aromatic N) is 1. The first-order chi connectivity index (χ1) is 8.75. The van der Waals surface area contributed by atoms with E-state index in [9.17, 15) is 9.18 Å². The van der Waals surface area contributed by atoms with E-state index in [0.717, 1.165) is 32.1 Å². The third-order valence-corrected chi connectivity index (χ3v) is 2.78. The summed E-state index contributed by atoms with van der Waals surface area (Å²) in [5.41, 5.74) is 0.129. The quantitative estimate of drug-likeness (QED) is 0.838. The van der Waals surface area contributed by atoms with E-state index >= 15 is 0 Å². The first-order valence-corrected chi connectivity index (χ1v) is 5.97. The van der Waals surface area contributed by atoms with Crippen molar-refractivity contribution in [2.24, 2.45) is 0 Å². The topological polar surface area (TPSA) is 63.2 Å². The van der Waals surface area contributed by atoms with Crippen molar-refractivity contribution in [2.45, 2.75) is 18.9 Å². The minimum Gasteiger partial charge on any atom is -0.368 e. The molecular weight excluding hydrogens is 237 g/mol. The van der Waals surface area contributed by atoms with Crippen LogP contribution >= 0.6 is 0 Å². The molecule has 0 radical (unpaired) electrons. The predicted octanol–water partition coefficient (Wildman–Crippen LogP) is 0.928. The highest BCUT2D eigenvalue weighted by Crippen LogP contribution is 2.11. The van der Waals surface area contributed by atoms with Gasteiger partial charge in [-0.3, -0.25) is 9.78 Å². The maximum atomic E-state index is 13.2. The number of nitrogens with one attached hydrogen (secondary N) is 2.